The molecule has 1 saturated heterocycles. The second-order valence-electron chi connectivity index (χ2n) is 6.71. The van der Waals surface area contributed by atoms with E-state index in [4.69, 9.17) is 0 Å². The maximum atomic E-state index is 11.9. The zero-order valence-corrected chi connectivity index (χ0v) is 16.5. The number of halogens is 1. The number of aliphatic hydroxyl groups is 1. The van der Waals surface area contributed by atoms with Crippen LogP contribution in [0.4, 0.5) is 0 Å². The summed E-state index contributed by atoms with van der Waals surface area (Å²) in [5, 5.41) is 9.38. The van der Waals surface area contributed by atoms with Crippen molar-refractivity contribution in [2.45, 2.75) is 39.7 Å². The summed E-state index contributed by atoms with van der Waals surface area (Å²) in [7, 11) is 0. The standard InChI is InChI=1S/C19H26N2O2S.ClH/c1-3-15-9-17(13(2)20-19(15)23)18-7-6-16(24-18)11-21-8-4-5-14(10-21)12-22;/h6-7,9,14,22H,3-5,8,10-12H2,1-2H3,(H,20,23);1H. The van der Waals surface area contributed by atoms with Crippen LogP contribution in [0, 0.1) is 12.8 Å². The molecule has 6 heteroatoms. The van der Waals surface area contributed by atoms with Gasteiger partial charge in [0.25, 0.3) is 5.56 Å². The second-order valence-corrected chi connectivity index (χ2v) is 7.88. The average Bonchev–Trinajstić information content (AvgIpc) is 3.03. The van der Waals surface area contributed by atoms with Gasteiger partial charge >= 0.3 is 0 Å². The van der Waals surface area contributed by atoms with Gasteiger partial charge in [-0.2, -0.15) is 0 Å². The van der Waals surface area contributed by atoms with Crippen LogP contribution in [0.5, 0.6) is 0 Å². The van der Waals surface area contributed by atoms with E-state index in [1.165, 1.54) is 16.2 Å². The van der Waals surface area contributed by atoms with Crippen LogP contribution in [-0.2, 0) is 13.0 Å². The van der Waals surface area contributed by atoms with E-state index in [0.29, 0.717) is 12.5 Å². The predicted molar refractivity (Wildman–Crippen MR) is 107 cm³/mol. The molecule has 0 saturated carbocycles. The number of aryl methyl sites for hydroxylation is 2. The number of thiophene rings is 1. The van der Waals surface area contributed by atoms with Crippen molar-refractivity contribution >= 4 is 23.7 Å². The van der Waals surface area contributed by atoms with Gasteiger partial charge in [0.2, 0.25) is 0 Å². The quantitative estimate of drug-likeness (QED) is 0.830. The molecule has 0 spiro atoms. The van der Waals surface area contributed by atoms with Crippen LogP contribution in [0.15, 0.2) is 23.0 Å². The van der Waals surface area contributed by atoms with Crippen molar-refractivity contribution in [1.82, 2.24) is 9.88 Å². The molecule has 1 atom stereocenters. The molecule has 1 aliphatic rings. The highest BCUT2D eigenvalue weighted by Gasteiger charge is 2.20. The van der Waals surface area contributed by atoms with E-state index in [0.717, 1.165) is 49.3 Å². The van der Waals surface area contributed by atoms with E-state index in [1.54, 1.807) is 11.3 Å². The number of rotatable bonds is 5. The summed E-state index contributed by atoms with van der Waals surface area (Å²) < 4.78 is 0. The maximum Gasteiger partial charge on any atom is 0.251 e. The highest BCUT2D eigenvalue weighted by Crippen LogP contribution is 2.31. The first-order valence-electron chi connectivity index (χ1n) is 8.75. The van der Waals surface area contributed by atoms with E-state index >= 15 is 0 Å². The van der Waals surface area contributed by atoms with Crippen LogP contribution in [0.3, 0.4) is 0 Å². The lowest BCUT2D eigenvalue weighted by molar-refractivity contribution is 0.116. The molecule has 3 heterocycles. The van der Waals surface area contributed by atoms with Gasteiger partial charge in [0.05, 0.1) is 0 Å². The van der Waals surface area contributed by atoms with Crippen LogP contribution in [-0.4, -0.2) is 34.7 Å². The number of nitrogens with zero attached hydrogens (tertiary/aromatic N) is 1. The number of aromatic nitrogens is 1. The summed E-state index contributed by atoms with van der Waals surface area (Å²) in [4.78, 5) is 19.9. The maximum absolute atomic E-state index is 11.9. The zero-order chi connectivity index (χ0) is 17.1. The fraction of sp³-hybridized carbons (Fsp3) is 0.526. The molecule has 2 N–H and O–H groups in total. The van der Waals surface area contributed by atoms with Crippen LogP contribution in [0.25, 0.3) is 10.4 Å². The first-order chi connectivity index (χ1) is 11.6. The van der Waals surface area contributed by atoms with Gasteiger partial charge < -0.3 is 10.1 Å². The van der Waals surface area contributed by atoms with Gasteiger partial charge in [-0.05, 0) is 56.8 Å². The summed E-state index contributed by atoms with van der Waals surface area (Å²) in [6.07, 6.45) is 3.05. The number of aliphatic hydroxyl groups excluding tert-OH is 1. The van der Waals surface area contributed by atoms with Crippen molar-refractivity contribution in [2.75, 3.05) is 19.7 Å². The molecular weight excluding hydrogens is 356 g/mol. The molecule has 3 rings (SSSR count). The van der Waals surface area contributed by atoms with Gasteiger partial charge in [0.1, 0.15) is 0 Å². The minimum atomic E-state index is 0. The molecule has 0 amide bonds. The molecule has 4 nitrogen and oxygen atoms in total. The molecule has 25 heavy (non-hydrogen) atoms. The molecular formula is C19H27ClN2O2S. The van der Waals surface area contributed by atoms with Crippen molar-refractivity contribution < 1.29 is 5.11 Å². The number of hydrogen-bond donors (Lipinski definition) is 2. The summed E-state index contributed by atoms with van der Waals surface area (Å²) in [5.74, 6) is 0.423. The molecule has 0 bridgehead atoms. The van der Waals surface area contributed by atoms with Gasteiger partial charge in [-0.1, -0.05) is 6.92 Å². The Hall–Kier alpha value is -1.14. The van der Waals surface area contributed by atoms with Crippen LogP contribution in [0.2, 0.25) is 0 Å². The molecule has 1 aliphatic heterocycles. The van der Waals surface area contributed by atoms with Gasteiger partial charge in [-0.25, -0.2) is 0 Å². The first kappa shape index (κ1) is 20.2. The number of hydrogen-bond acceptors (Lipinski definition) is 4. The molecule has 0 aromatic carbocycles. The predicted octanol–water partition coefficient (Wildman–Crippen LogP) is 3.60. The van der Waals surface area contributed by atoms with E-state index in [1.807, 2.05) is 19.9 Å². The zero-order valence-electron chi connectivity index (χ0n) is 14.9. The van der Waals surface area contributed by atoms with Crippen molar-refractivity contribution in [1.29, 1.82) is 0 Å². The third-order valence-electron chi connectivity index (χ3n) is 4.86. The summed E-state index contributed by atoms with van der Waals surface area (Å²) >= 11 is 1.80. The lowest BCUT2D eigenvalue weighted by atomic mass is 9.99. The van der Waals surface area contributed by atoms with E-state index in [-0.39, 0.29) is 18.0 Å². The number of likely N-dealkylation sites (tertiary alicyclic amines) is 1. The Balaban J connectivity index is 0.00000225. The van der Waals surface area contributed by atoms with Crippen LogP contribution in [0.1, 0.15) is 35.9 Å². The largest absolute Gasteiger partial charge is 0.396 e. The normalized spacial score (nSPS) is 18.1. The van der Waals surface area contributed by atoms with E-state index < -0.39 is 0 Å². The Kier molecular flexibility index (Phi) is 7.25. The molecule has 138 valence electrons. The molecule has 0 aliphatic carbocycles. The third-order valence-corrected chi connectivity index (χ3v) is 5.97. The Morgan fingerprint density at radius 3 is 2.92 bits per heavy atom. The minimum Gasteiger partial charge on any atom is -0.396 e. The van der Waals surface area contributed by atoms with Crippen LogP contribution >= 0.6 is 23.7 Å². The van der Waals surface area contributed by atoms with Gasteiger partial charge in [-0.15, -0.1) is 23.7 Å². The Morgan fingerprint density at radius 1 is 1.40 bits per heavy atom. The molecule has 1 unspecified atom stereocenters. The van der Waals surface area contributed by atoms with Crippen molar-refractivity contribution in [3.8, 4) is 10.4 Å². The number of aromatic amines is 1. The minimum absolute atomic E-state index is 0. The molecule has 2 aromatic heterocycles. The molecule has 1 fully saturated rings. The number of piperidine rings is 1. The van der Waals surface area contributed by atoms with Crippen LogP contribution < -0.4 is 5.56 Å². The fourth-order valence-electron chi connectivity index (χ4n) is 3.46. The highest BCUT2D eigenvalue weighted by atomic mass is 35.5. The van der Waals surface area contributed by atoms with Crippen molar-refractivity contribution in [2.24, 2.45) is 5.92 Å². The SMILES string of the molecule is CCc1cc(-c2ccc(CN3CCCC(CO)C3)s2)c(C)[nH]c1=O.Cl. The molecule has 2 aromatic rings. The monoisotopic (exact) mass is 382 g/mol. The summed E-state index contributed by atoms with van der Waals surface area (Å²) in [6.45, 7) is 7.32. The van der Waals surface area contributed by atoms with Crippen molar-refractivity contribution in [3.63, 3.8) is 0 Å². The number of nitrogens with one attached hydrogen (secondary N) is 1. The first-order valence-corrected chi connectivity index (χ1v) is 9.57. The average molecular weight is 383 g/mol. The van der Waals surface area contributed by atoms with E-state index in [9.17, 15) is 9.90 Å². The van der Waals surface area contributed by atoms with E-state index in [2.05, 4.69) is 22.0 Å². The molecule has 0 radical (unpaired) electrons. The third kappa shape index (κ3) is 4.73. The Morgan fingerprint density at radius 2 is 2.20 bits per heavy atom. The van der Waals surface area contributed by atoms with Gasteiger partial charge in [0, 0.05) is 46.3 Å². The van der Waals surface area contributed by atoms with Crippen molar-refractivity contribution in [3.05, 3.63) is 44.7 Å². The highest BCUT2D eigenvalue weighted by molar-refractivity contribution is 7.15. The lowest BCUT2D eigenvalue weighted by Gasteiger charge is -2.31. The van der Waals surface area contributed by atoms with Gasteiger partial charge in [0.15, 0.2) is 0 Å². The fourth-order valence-corrected chi connectivity index (χ4v) is 4.58. The lowest BCUT2D eigenvalue weighted by Crippen LogP contribution is -2.36. The summed E-state index contributed by atoms with van der Waals surface area (Å²) in [6, 6.07) is 6.39. The topological polar surface area (TPSA) is 56.3 Å². The number of pyridine rings is 1. The Bertz CT molecular complexity index is 756. The number of H-pyrrole nitrogens is 1. The second kappa shape index (κ2) is 8.99. The summed E-state index contributed by atoms with van der Waals surface area (Å²) in [5.41, 5.74) is 2.93. The Labute approximate surface area is 159 Å². The van der Waals surface area contributed by atoms with Gasteiger partial charge in [-0.3, -0.25) is 9.69 Å². The smallest absolute Gasteiger partial charge is 0.251 e.